The zero-order chi connectivity index (χ0) is 18.6. The highest BCUT2D eigenvalue weighted by atomic mass is 16.6. The molecule has 0 aliphatic rings. The van der Waals surface area contributed by atoms with E-state index >= 15 is 0 Å². The normalized spacial score (nSPS) is 11.4. The van der Waals surface area contributed by atoms with Gasteiger partial charge >= 0.3 is 0 Å². The van der Waals surface area contributed by atoms with Crippen LogP contribution in [0.25, 0.3) is 0 Å². The van der Waals surface area contributed by atoms with Crippen LogP contribution in [-0.4, -0.2) is 32.9 Å². The van der Waals surface area contributed by atoms with Crippen LogP contribution in [0.15, 0.2) is 28.8 Å². The highest BCUT2D eigenvalue weighted by Crippen LogP contribution is 2.20. The number of hydrogen-bond donors (Lipinski definition) is 0. The third-order valence-electron chi connectivity index (χ3n) is 3.71. The molecule has 0 aliphatic heterocycles. The molecule has 1 amide bonds. The van der Waals surface area contributed by atoms with E-state index in [2.05, 4.69) is 10.1 Å². The minimum absolute atomic E-state index is 0.00821. The van der Waals surface area contributed by atoms with Crippen LogP contribution in [0.3, 0.4) is 0 Å². The molecule has 134 valence electrons. The van der Waals surface area contributed by atoms with Gasteiger partial charge in [0.2, 0.25) is 11.8 Å². The largest absolute Gasteiger partial charge is 0.341 e. The Balaban J connectivity index is 1.95. The number of aromatic nitrogens is 2. The van der Waals surface area contributed by atoms with Crippen LogP contribution >= 0.6 is 0 Å². The van der Waals surface area contributed by atoms with E-state index < -0.39 is 4.92 Å². The minimum Gasteiger partial charge on any atom is -0.341 e. The second kappa shape index (κ2) is 7.42. The maximum Gasteiger partial charge on any atom is 0.274 e. The molecule has 0 saturated heterocycles. The second-order valence-corrected chi connectivity index (χ2v) is 6.90. The van der Waals surface area contributed by atoms with Gasteiger partial charge in [0.1, 0.15) is 0 Å². The number of aryl methyl sites for hydroxylation is 1. The monoisotopic (exact) mass is 346 g/mol. The lowest BCUT2D eigenvalue weighted by molar-refractivity contribution is -0.385. The van der Waals surface area contributed by atoms with Crippen molar-refractivity contribution in [3.63, 3.8) is 0 Å². The summed E-state index contributed by atoms with van der Waals surface area (Å²) in [6, 6.07) is 6.40. The van der Waals surface area contributed by atoms with Gasteiger partial charge in [-0.25, -0.2) is 0 Å². The predicted octanol–water partition coefficient (Wildman–Crippen LogP) is 2.87. The van der Waals surface area contributed by atoms with E-state index in [1.165, 1.54) is 11.0 Å². The summed E-state index contributed by atoms with van der Waals surface area (Å²) in [6.45, 7) is 6.11. The van der Waals surface area contributed by atoms with Crippen molar-refractivity contribution in [3.8, 4) is 0 Å². The summed E-state index contributed by atoms with van der Waals surface area (Å²) in [7, 11) is 1.62. The zero-order valence-electron chi connectivity index (χ0n) is 14.9. The Morgan fingerprint density at radius 1 is 1.32 bits per heavy atom. The fraction of sp³-hybridized carbons (Fsp3) is 0.471. The van der Waals surface area contributed by atoms with E-state index in [1.54, 1.807) is 25.2 Å². The van der Waals surface area contributed by atoms with Crippen molar-refractivity contribution in [1.29, 1.82) is 0 Å². The van der Waals surface area contributed by atoms with Crippen molar-refractivity contribution in [3.05, 3.63) is 51.7 Å². The van der Waals surface area contributed by atoms with Gasteiger partial charge < -0.3 is 9.42 Å². The van der Waals surface area contributed by atoms with Crippen molar-refractivity contribution in [2.75, 3.05) is 7.05 Å². The van der Waals surface area contributed by atoms with E-state index in [0.717, 1.165) is 0 Å². The van der Waals surface area contributed by atoms with Gasteiger partial charge in [-0.3, -0.25) is 14.9 Å². The predicted molar refractivity (Wildman–Crippen MR) is 90.9 cm³/mol. The van der Waals surface area contributed by atoms with Crippen molar-refractivity contribution in [1.82, 2.24) is 15.0 Å². The summed E-state index contributed by atoms with van der Waals surface area (Å²) in [5.41, 5.74) is 0.291. The van der Waals surface area contributed by atoms with E-state index in [1.807, 2.05) is 20.8 Å². The van der Waals surface area contributed by atoms with Crippen molar-refractivity contribution >= 4 is 11.6 Å². The molecule has 25 heavy (non-hydrogen) atoms. The molecule has 8 heteroatoms. The first-order chi connectivity index (χ1) is 11.7. The minimum atomic E-state index is -0.444. The number of nitrogens with zero attached hydrogens (tertiary/aromatic N) is 4. The van der Waals surface area contributed by atoms with Gasteiger partial charge in [-0.15, -0.1) is 0 Å². The molecular formula is C17H22N4O4. The van der Waals surface area contributed by atoms with Crippen LogP contribution in [0.2, 0.25) is 0 Å². The maximum atomic E-state index is 12.3. The molecule has 0 fully saturated rings. The van der Waals surface area contributed by atoms with Crippen LogP contribution in [0, 0.1) is 10.1 Å². The molecule has 0 saturated carbocycles. The molecule has 0 unspecified atom stereocenters. The van der Waals surface area contributed by atoms with Gasteiger partial charge in [0.25, 0.3) is 5.69 Å². The zero-order valence-corrected chi connectivity index (χ0v) is 14.9. The molecule has 1 aromatic heterocycles. The topological polar surface area (TPSA) is 102 Å². The second-order valence-electron chi connectivity index (χ2n) is 6.90. The van der Waals surface area contributed by atoms with Gasteiger partial charge in [0.05, 0.1) is 11.5 Å². The number of rotatable bonds is 6. The van der Waals surface area contributed by atoms with Crippen LogP contribution in [0.5, 0.6) is 0 Å². The molecule has 2 rings (SSSR count). The SMILES string of the molecule is CN(Cc1ccccc1[N+](=O)[O-])C(=O)CCc1nc(C(C)(C)C)no1. The number of amides is 1. The average Bonchev–Trinajstić information content (AvgIpc) is 3.02. The Hall–Kier alpha value is -2.77. The number of nitro benzene ring substituents is 1. The molecule has 0 radical (unpaired) electrons. The van der Waals surface area contributed by atoms with Crippen LogP contribution in [0.1, 0.15) is 44.5 Å². The third kappa shape index (κ3) is 4.85. The Morgan fingerprint density at radius 2 is 2.00 bits per heavy atom. The van der Waals surface area contributed by atoms with Gasteiger partial charge in [-0.05, 0) is 0 Å². The fourth-order valence-electron chi connectivity index (χ4n) is 2.23. The van der Waals surface area contributed by atoms with Crippen LogP contribution < -0.4 is 0 Å². The first kappa shape index (κ1) is 18.6. The Morgan fingerprint density at radius 3 is 2.60 bits per heavy atom. The fourth-order valence-corrected chi connectivity index (χ4v) is 2.23. The summed E-state index contributed by atoms with van der Waals surface area (Å²) in [6.07, 6.45) is 0.534. The first-order valence-corrected chi connectivity index (χ1v) is 7.98. The van der Waals surface area contributed by atoms with Crippen LogP contribution in [0.4, 0.5) is 5.69 Å². The summed E-state index contributed by atoms with van der Waals surface area (Å²) < 4.78 is 5.17. The lowest BCUT2D eigenvalue weighted by atomic mass is 9.96. The van der Waals surface area contributed by atoms with E-state index in [9.17, 15) is 14.9 Å². The average molecular weight is 346 g/mol. The van der Waals surface area contributed by atoms with Crippen molar-refractivity contribution in [2.45, 2.75) is 45.6 Å². The van der Waals surface area contributed by atoms with Crippen molar-refractivity contribution in [2.24, 2.45) is 0 Å². The molecule has 0 atom stereocenters. The maximum absolute atomic E-state index is 12.3. The van der Waals surface area contributed by atoms with Crippen molar-refractivity contribution < 1.29 is 14.2 Å². The number of nitro groups is 1. The molecule has 0 bridgehead atoms. The van der Waals surface area contributed by atoms with E-state index in [4.69, 9.17) is 4.52 Å². The molecular weight excluding hydrogens is 324 g/mol. The van der Waals surface area contributed by atoms with Gasteiger partial charge in [-0.2, -0.15) is 4.98 Å². The number of hydrogen-bond acceptors (Lipinski definition) is 6. The summed E-state index contributed by atoms with van der Waals surface area (Å²) >= 11 is 0. The van der Waals surface area contributed by atoms with Gasteiger partial charge in [0, 0.05) is 36.9 Å². The lowest BCUT2D eigenvalue weighted by Gasteiger charge is -2.16. The van der Waals surface area contributed by atoms with Crippen LogP contribution in [-0.2, 0) is 23.2 Å². The third-order valence-corrected chi connectivity index (χ3v) is 3.71. The Kier molecular flexibility index (Phi) is 5.51. The molecule has 0 spiro atoms. The van der Waals surface area contributed by atoms with E-state index in [-0.39, 0.29) is 30.0 Å². The summed E-state index contributed by atoms with van der Waals surface area (Å²) in [4.78, 5) is 28.6. The molecule has 0 N–H and O–H groups in total. The first-order valence-electron chi connectivity index (χ1n) is 7.98. The van der Waals surface area contributed by atoms with E-state index in [0.29, 0.717) is 23.7 Å². The highest BCUT2D eigenvalue weighted by Gasteiger charge is 2.22. The highest BCUT2D eigenvalue weighted by molar-refractivity contribution is 5.76. The quantitative estimate of drug-likeness (QED) is 0.588. The summed E-state index contributed by atoms with van der Waals surface area (Å²) in [5, 5.41) is 15.0. The number of para-hydroxylation sites is 1. The van der Waals surface area contributed by atoms with Gasteiger partial charge in [-0.1, -0.05) is 44.1 Å². The smallest absolute Gasteiger partial charge is 0.274 e. The number of carbonyl (C=O) groups excluding carboxylic acids is 1. The standard InChI is InChI=1S/C17H22N4O4/c1-17(2,3)16-18-14(25-19-16)9-10-15(22)20(4)11-12-7-5-6-8-13(12)21(23)24/h5-8H,9-11H2,1-4H3. The molecule has 0 aliphatic carbocycles. The molecule has 8 nitrogen and oxygen atoms in total. The Bertz CT molecular complexity index is 764. The molecule has 2 aromatic rings. The summed E-state index contributed by atoms with van der Waals surface area (Å²) in [5.74, 6) is 0.870. The number of benzene rings is 1. The van der Waals surface area contributed by atoms with Gasteiger partial charge in [0.15, 0.2) is 5.82 Å². The Labute approximate surface area is 146 Å². The lowest BCUT2D eigenvalue weighted by Crippen LogP contribution is -2.26. The number of carbonyl (C=O) groups is 1. The molecule has 1 heterocycles. The molecule has 1 aromatic carbocycles.